The molecular weight excluding hydrogens is 255 g/mol. The fourth-order valence-electron chi connectivity index (χ4n) is 2.84. The Morgan fingerprint density at radius 2 is 2.20 bits per heavy atom. The summed E-state index contributed by atoms with van der Waals surface area (Å²) in [5.74, 6) is 0.0544. The number of nitrogens with one attached hydrogen (secondary N) is 1. The van der Waals surface area contributed by atoms with Crippen LogP contribution in [0.15, 0.2) is 18.2 Å². The van der Waals surface area contributed by atoms with E-state index in [0.29, 0.717) is 23.7 Å². The number of carbonyl (C=O) groups excluding carboxylic acids is 1. The summed E-state index contributed by atoms with van der Waals surface area (Å²) in [4.78, 5) is 14.6. The molecule has 1 fully saturated rings. The van der Waals surface area contributed by atoms with Crippen LogP contribution >= 0.6 is 0 Å². The monoisotopic (exact) mass is 278 g/mol. The van der Waals surface area contributed by atoms with Crippen molar-refractivity contribution in [3.8, 4) is 0 Å². The second-order valence-corrected chi connectivity index (χ2v) is 5.55. The van der Waals surface area contributed by atoms with Gasteiger partial charge in [0.2, 0.25) is 0 Å². The van der Waals surface area contributed by atoms with Crippen LogP contribution in [-0.2, 0) is 0 Å². The van der Waals surface area contributed by atoms with Gasteiger partial charge in [-0.1, -0.05) is 13.0 Å². The van der Waals surface area contributed by atoms with E-state index in [9.17, 15) is 9.18 Å². The summed E-state index contributed by atoms with van der Waals surface area (Å²) < 4.78 is 13.9. The van der Waals surface area contributed by atoms with Gasteiger partial charge in [0, 0.05) is 19.1 Å². The lowest BCUT2D eigenvalue weighted by atomic mass is 9.91. The molecule has 0 aromatic heterocycles. The third-order valence-corrected chi connectivity index (χ3v) is 4.23. The zero-order valence-corrected chi connectivity index (χ0v) is 12.4. The Balaban J connectivity index is 2.31. The number of hydrogen-bond acceptors (Lipinski definition) is 2. The van der Waals surface area contributed by atoms with Crippen LogP contribution in [0.4, 0.5) is 10.1 Å². The second-order valence-electron chi connectivity index (χ2n) is 5.55. The number of amides is 1. The minimum Gasteiger partial charge on any atom is -0.382 e. The van der Waals surface area contributed by atoms with Gasteiger partial charge in [0.25, 0.3) is 5.91 Å². The minimum atomic E-state index is -0.365. The average molecular weight is 278 g/mol. The van der Waals surface area contributed by atoms with Gasteiger partial charge in [-0.05, 0) is 44.7 Å². The minimum absolute atomic E-state index is 0.0699. The number of halogens is 1. The molecule has 1 aliphatic rings. The number of piperidine rings is 1. The molecule has 0 radical (unpaired) electrons. The van der Waals surface area contributed by atoms with E-state index in [4.69, 9.17) is 0 Å². The summed E-state index contributed by atoms with van der Waals surface area (Å²) in [6.45, 7) is 7.49. The Morgan fingerprint density at radius 1 is 1.45 bits per heavy atom. The van der Waals surface area contributed by atoms with Crippen molar-refractivity contribution < 1.29 is 9.18 Å². The topological polar surface area (TPSA) is 32.3 Å². The molecule has 1 aliphatic heterocycles. The van der Waals surface area contributed by atoms with E-state index >= 15 is 0 Å². The van der Waals surface area contributed by atoms with Crippen LogP contribution in [0, 0.1) is 11.7 Å². The van der Waals surface area contributed by atoms with Crippen LogP contribution in [0.2, 0.25) is 0 Å². The van der Waals surface area contributed by atoms with Crippen LogP contribution < -0.4 is 5.32 Å². The van der Waals surface area contributed by atoms with Gasteiger partial charge in [-0.2, -0.15) is 0 Å². The van der Waals surface area contributed by atoms with Crippen LogP contribution in [0.25, 0.3) is 0 Å². The lowest BCUT2D eigenvalue weighted by Gasteiger charge is -2.38. The number of benzene rings is 1. The van der Waals surface area contributed by atoms with Gasteiger partial charge in [-0.15, -0.1) is 0 Å². The molecular formula is C16H23FN2O. The number of anilines is 1. The van der Waals surface area contributed by atoms with Crippen molar-refractivity contribution in [3.63, 3.8) is 0 Å². The molecule has 3 nitrogen and oxygen atoms in total. The van der Waals surface area contributed by atoms with Crippen LogP contribution in [-0.4, -0.2) is 29.9 Å². The third kappa shape index (κ3) is 2.79. The largest absolute Gasteiger partial charge is 0.382 e. The fourth-order valence-corrected chi connectivity index (χ4v) is 2.84. The van der Waals surface area contributed by atoms with Gasteiger partial charge in [0.1, 0.15) is 5.82 Å². The van der Waals surface area contributed by atoms with E-state index in [2.05, 4.69) is 19.2 Å². The van der Waals surface area contributed by atoms with Gasteiger partial charge in [-0.3, -0.25) is 4.79 Å². The van der Waals surface area contributed by atoms with E-state index in [1.54, 1.807) is 12.1 Å². The van der Waals surface area contributed by atoms with Crippen LogP contribution in [0.3, 0.4) is 0 Å². The van der Waals surface area contributed by atoms with Crippen molar-refractivity contribution in [3.05, 3.63) is 29.6 Å². The van der Waals surface area contributed by atoms with Crippen molar-refractivity contribution in [2.75, 3.05) is 18.4 Å². The summed E-state index contributed by atoms with van der Waals surface area (Å²) in [6.07, 6.45) is 2.16. The van der Waals surface area contributed by atoms with E-state index in [1.807, 2.05) is 11.8 Å². The first-order chi connectivity index (χ1) is 9.56. The van der Waals surface area contributed by atoms with Gasteiger partial charge in [-0.25, -0.2) is 4.39 Å². The molecule has 0 saturated carbocycles. The van der Waals surface area contributed by atoms with Crippen molar-refractivity contribution in [1.82, 2.24) is 4.90 Å². The highest BCUT2D eigenvalue weighted by Gasteiger charge is 2.30. The zero-order chi connectivity index (χ0) is 14.7. The highest BCUT2D eigenvalue weighted by molar-refractivity contribution is 6.00. The first kappa shape index (κ1) is 14.8. The van der Waals surface area contributed by atoms with E-state index in [0.717, 1.165) is 19.4 Å². The molecule has 2 unspecified atom stereocenters. The molecule has 1 aromatic rings. The van der Waals surface area contributed by atoms with Crippen molar-refractivity contribution in [2.24, 2.45) is 5.92 Å². The molecule has 0 spiro atoms. The number of likely N-dealkylation sites (tertiary alicyclic amines) is 1. The SMILES string of the molecule is CCNc1c(F)cccc1C(=O)N1CCCC(C)C1C. The maximum absolute atomic E-state index is 13.9. The number of carbonyl (C=O) groups is 1. The molecule has 0 bridgehead atoms. The molecule has 1 amide bonds. The average Bonchev–Trinajstić information content (AvgIpc) is 2.43. The first-order valence-electron chi connectivity index (χ1n) is 7.39. The molecule has 4 heteroatoms. The lowest BCUT2D eigenvalue weighted by molar-refractivity contribution is 0.0551. The predicted molar refractivity (Wildman–Crippen MR) is 79.5 cm³/mol. The molecule has 1 aromatic carbocycles. The Hall–Kier alpha value is -1.58. The maximum Gasteiger partial charge on any atom is 0.256 e. The van der Waals surface area contributed by atoms with Gasteiger partial charge < -0.3 is 10.2 Å². The molecule has 20 heavy (non-hydrogen) atoms. The van der Waals surface area contributed by atoms with Gasteiger partial charge in [0.15, 0.2) is 0 Å². The van der Waals surface area contributed by atoms with Crippen molar-refractivity contribution in [2.45, 2.75) is 39.7 Å². The number of nitrogens with zero attached hydrogens (tertiary/aromatic N) is 1. The normalized spacial score (nSPS) is 22.7. The Morgan fingerprint density at radius 3 is 2.90 bits per heavy atom. The number of rotatable bonds is 3. The summed E-state index contributed by atoms with van der Waals surface area (Å²) in [5.41, 5.74) is 0.762. The quantitative estimate of drug-likeness (QED) is 0.917. The summed E-state index contributed by atoms with van der Waals surface area (Å²) in [7, 11) is 0. The highest BCUT2D eigenvalue weighted by atomic mass is 19.1. The van der Waals surface area contributed by atoms with E-state index in [-0.39, 0.29) is 17.8 Å². The third-order valence-electron chi connectivity index (χ3n) is 4.23. The van der Waals surface area contributed by atoms with Crippen LogP contribution in [0.1, 0.15) is 44.0 Å². The first-order valence-corrected chi connectivity index (χ1v) is 7.39. The molecule has 110 valence electrons. The van der Waals surface area contributed by atoms with Crippen molar-refractivity contribution >= 4 is 11.6 Å². The number of hydrogen-bond donors (Lipinski definition) is 1. The van der Waals surface area contributed by atoms with E-state index in [1.165, 1.54) is 6.07 Å². The maximum atomic E-state index is 13.9. The highest BCUT2D eigenvalue weighted by Crippen LogP contribution is 2.27. The predicted octanol–water partition coefficient (Wildman–Crippen LogP) is 3.52. The molecule has 2 atom stereocenters. The Kier molecular flexibility index (Phi) is 4.63. The Bertz CT molecular complexity index is 489. The molecule has 2 rings (SSSR count). The zero-order valence-electron chi connectivity index (χ0n) is 12.4. The Labute approximate surface area is 120 Å². The second kappa shape index (κ2) is 6.25. The summed E-state index contributed by atoms with van der Waals surface area (Å²) >= 11 is 0. The van der Waals surface area contributed by atoms with E-state index < -0.39 is 0 Å². The van der Waals surface area contributed by atoms with Gasteiger partial charge in [0.05, 0.1) is 11.3 Å². The smallest absolute Gasteiger partial charge is 0.256 e. The molecule has 1 saturated heterocycles. The molecule has 1 heterocycles. The van der Waals surface area contributed by atoms with Crippen molar-refractivity contribution in [1.29, 1.82) is 0 Å². The summed E-state index contributed by atoms with van der Waals surface area (Å²) in [6, 6.07) is 4.89. The number of para-hydroxylation sites is 1. The molecule has 1 N–H and O–H groups in total. The summed E-state index contributed by atoms with van der Waals surface area (Å²) in [5, 5.41) is 2.97. The standard InChI is InChI=1S/C16H23FN2O/c1-4-18-15-13(8-5-9-14(15)17)16(20)19-10-6-7-11(2)12(19)3/h5,8-9,11-12,18H,4,6-7,10H2,1-3H3. The fraction of sp³-hybridized carbons (Fsp3) is 0.562. The molecule has 0 aliphatic carbocycles. The van der Waals surface area contributed by atoms with Crippen LogP contribution in [0.5, 0.6) is 0 Å². The van der Waals surface area contributed by atoms with Gasteiger partial charge >= 0.3 is 0 Å². The lowest BCUT2D eigenvalue weighted by Crippen LogP contribution is -2.46.